The Bertz CT molecular complexity index is 254. The predicted molar refractivity (Wildman–Crippen MR) is 68.3 cm³/mol. The largest absolute Gasteiger partial charge is 0.354 e. The van der Waals surface area contributed by atoms with E-state index < -0.39 is 6.04 Å². The summed E-state index contributed by atoms with van der Waals surface area (Å²) in [5.74, 6) is -0.141. The van der Waals surface area contributed by atoms with E-state index in [2.05, 4.69) is 10.6 Å². The van der Waals surface area contributed by atoms with Crippen LogP contribution in [0.15, 0.2) is 0 Å². The number of carbonyl (C=O) groups excluding carboxylic acids is 2. The van der Waals surface area contributed by atoms with Gasteiger partial charge in [0, 0.05) is 19.0 Å². The molecule has 0 bridgehead atoms. The SMILES string of the molecule is CCC(C)NC(=O)CCNC(=O)C(N)C(C)C. The van der Waals surface area contributed by atoms with E-state index in [0.29, 0.717) is 13.0 Å². The molecule has 0 aromatic heterocycles. The normalized spacial score (nSPS) is 14.2. The lowest BCUT2D eigenvalue weighted by Crippen LogP contribution is -2.45. The van der Waals surface area contributed by atoms with Gasteiger partial charge in [0.05, 0.1) is 6.04 Å². The van der Waals surface area contributed by atoms with E-state index in [9.17, 15) is 9.59 Å². The smallest absolute Gasteiger partial charge is 0.237 e. The van der Waals surface area contributed by atoms with Crippen LogP contribution in [0.4, 0.5) is 0 Å². The van der Waals surface area contributed by atoms with Crippen LogP contribution in [0.3, 0.4) is 0 Å². The van der Waals surface area contributed by atoms with Crippen molar-refractivity contribution in [3.05, 3.63) is 0 Å². The quantitative estimate of drug-likeness (QED) is 0.605. The fraction of sp³-hybridized carbons (Fsp3) is 0.833. The Kier molecular flexibility index (Phi) is 7.54. The summed E-state index contributed by atoms with van der Waals surface area (Å²) in [6.45, 7) is 8.07. The maximum Gasteiger partial charge on any atom is 0.237 e. The number of rotatable bonds is 7. The number of hydrogen-bond acceptors (Lipinski definition) is 3. The first kappa shape index (κ1) is 15.9. The summed E-state index contributed by atoms with van der Waals surface area (Å²) in [5, 5.41) is 5.49. The number of hydrogen-bond donors (Lipinski definition) is 3. The summed E-state index contributed by atoms with van der Waals surface area (Å²) in [7, 11) is 0. The van der Waals surface area contributed by atoms with Crippen LogP contribution in [-0.4, -0.2) is 30.4 Å². The molecule has 0 fully saturated rings. The van der Waals surface area contributed by atoms with Crippen LogP contribution in [-0.2, 0) is 9.59 Å². The van der Waals surface area contributed by atoms with Crippen LogP contribution in [0, 0.1) is 5.92 Å². The van der Waals surface area contributed by atoms with Crippen LogP contribution in [0.5, 0.6) is 0 Å². The van der Waals surface area contributed by atoms with Gasteiger partial charge in [0.2, 0.25) is 11.8 Å². The zero-order valence-electron chi connectivity index (χ0n) is 11.2. The average Bonchev–Trinajstić information content (AvgIpc) is 2.27. The zero-order valence-corrected chi connectivity index (χ0v) is 11.2. The van der Waals surface area contributed by atoms with Gasteiger partial charge in [-0.05, 0) is 19.3 Å². The van der Waals surface area contributed by atoms with Crippen molar-refractivity contribution >= 4 is 11.8 Å². The van der Waals surface area contributed by atoms with Crippen LogP contribution < -0.4 is 16.4 Å². The molecular weight excluding hydrogens is 218 g/mol. The molecule has 17 heavy (non-hydrogen) atoms. The van der Waals surface area contributed by atoms with Gasteiger partial charge < -0.3 is 16.4 Å². The van der Waals surface area contributed by atoms with Gasteiger partial charge in [0.15, 0.2) is 0 Å². The number of nitrogens with two attached hydrogens (primary N) is 1. The van der Waals surface area contributed by atoms with E-state index in [-0.39, 0.29) is 23.8 Å². The van der Waals surface area contributed by atoms with Crippen molar-refractivity contribution in [2.75, 3.05) is 6.54 Å². The highest BCUT2D eigenvalue weighted by Crippen LogP contribution is 1.97. The van der Waals surface area contributed by atoms with Crippen LogP contribution in [0.25, 0.3) is 0 Å². The van der Waals surface area contributed by atoms with Gasteiger partial charge in [-0.15, -0.1) is 0 Å². The van der Waals surface area contributed by atoms with Gasteiger partial charge in [-0.2, -0.15) is 0 Å². The van der Waals surface area contributed by atoms with Crippen molar-refractivity contribution in [1.29, 1.82) is 0 Å². The highest BCUT2D eigenvalue weighted by molar-refractivity contribution is 5.82. The minimum Gasteiger partial charge on any atom is -0.354 e. The third-order valence-electron chi connectivity index (χ3n) is 2.69. The molecule has 2 unspecified atom stereocenters. The lowest BCUT2D eigenvalue weighted by Gasteiger charge is -2.15. The highest BCUT2D eigenvalue weighted by atomic mass is 16.2. The second-order valence-electron chi connectivity index (χ2n) is 4.69. The molecule has 4 N–H and O–H groups in total. The van der Waals surface area contributed by atoms with Crippen molar-refractivity contribution in [3.63, 3.8) is 0 Å². The third-order valence-corrected chi connectivity index (χ3v) is 2.69. The van der Waals surface area contributed by atoms with E-state index in [1.165, 1.54) is 0 Å². The van der Waals surface area contributed by atoms with Gasteiger partial charge in [0.1, 0.15) is 0 Å². The van der Waals surface area contributed by atoms with Gasteiger partial charge in [-0.25, -0.2) is 0 Å². The van der Waals surface area contributed by atoms with Gasteiger partial charge in [-0.1, -0.05) is 20.8 Å². The van der Waals surface area contributed by atoms with Crippen molar-refractivity contribution in [1.82, 2.24) is 10.6 Å². The Hall–Kier alpha value is -1.10. The molecule has 0 saturated heterocycles. The molecule has 0 saturated carbocycles. The molecule has 0 aliphatic carbocycles. The second-order valence-corrected chi connectivity index (χ2v) is 4.69. The molecule has 0 aromatic carbocycles. The minimum absolute atomic E-state index is 0.0437. The Labute approximate surface area is 104 Å². The van der Waals surface area contributed by atoms with Crippen molar-refractivity contribution in [3.8, 4) is 0 Å². The molecule has 0 aliphatic rings. The Morgan fingerprint density at radius 3 is 2.29 bits per heavy atom. The van der Waals surface area contributed by atoms with E-state index in [1.54, 1.807) is 0 Å². The fourth-order valence-corrected chi connectivity index (χ4v) is 1.17. The van der Waals surface area contributed by atoms with Crippen molar-refractivity contribution in [2.24, 2.45) is 11.7 Å². The average molecular weight is 243 g/mol. The van der Waals surface area contributed by atoms with Crippen LogP contribution in [0.1, 0.15) is 40.5 Å². The summed E-state index contributed by atoms with van der Waals surface area (Å²) in [6.07, 6.45) is 1.19. The first-order valence-electron chi connectivity index (χ1n) is 6.21. The van der Waals surface area contributed by atoms with E-state index in [1.807, 2.05) is 27.7 Å². The topological polar surface area (TPSA) is 84.2 Å². The minimum atomic E-state index is -0.507. The van der Waals surface area contributed by atoms with E-state index in [0.717, 1.165) is 6.42 Å². The van der Waals surface area contributed by atoms with Gasteiger partial charge in [0.25, 0.3) is 0 Å². The van der Waals surface area contributed by atoms with E-state index >= 15 is 0 Å². The summed E-state index contributed by atoms with van der Waals surface area (Å²) in [4.78, 5) is 22.9. The summed E-state index contributed by atoms with van der Waals surface area (Å²) in [6, 6.07) is -0.330. The van der Waals surface area contributed by atoms with Crippen molar-refractivity contribution in [2.45, 2.75) is 52.6 Å². The maximum atomic E-state index is 11.5. The molecule has 100 valence electrons. The Morgan fingerprint density at radius 2 is 1.82 bits per heavy atom. The molecule has 0 rings (SSSR count). The maximum absolute atomic E-state index is 11.5. The molecular formula is C12H25N3O2. The number of nitrogens with one attached hydrogen (secondary N) is 2. The molecule has 2 amide bonds. The lowest BCUT2D eigenvalue weighted by atomic mass is 10.1. The van der Waals surface area contributed by atoms with Gasteiger partial charge >= 0.3 is 0 Å². The third kappa shape index (κ3) is 6.94. The lowest BCUT2D eigenvalue weighted by molar-refractivity contribution is -0.123. The molecule has 5 heteroatoms. The number of carbonyl (C=O) groups is 2. The summed E-state index contributed by atoms with van der Waals surface area (Å²) >= 11 is 0. The first-order valence-corrected chi connectivity index (χ1v) is 6.21. The Morgan fingerprint density at radius 1 is 1.24 bits per heavy atom. The second kappa shape index (κ2) is 8.06. The predicted octanol–water partition coefficient (Wildman–Crippen LogP) is 0.391. The standard InChI is InChI=1S/C12H25N3O2/c1-5-9(4)15-10(16)6-7-14-12(17)11(13)8(2)3/h8-9,11H,5-7,13H2,1-4H3,(H,14,17)(H,15,16). The molecule has 0 radical (unpaired) electrons. The monoisotopic (exact) mass is 243 g/mol. The summed E-state index contributed by atoms with van der Waals surface area (Å²) < 4.78 is 0. The summed E-state index contributed by atoms with van der Waals surface area (Å²) in [5.41, 5.74) is 5.67. The number of amides is 2. The van der Waals surface area contributed by atoms with Crippen LogP contribution in [0.2, 0.25) is 0 Å². The Balaban J connectivity index is 3.77. The van der Waals surface area contributed by atoms with Gasteiger partial charge in [-0.3, -0.25) is 9.59 Å². The molecule has 0 heterocycles. The molecule has 5 nitrogen and oxygen atoms in total. The van der Waals surface area contributed by atoms with E-state index in [4.69, 9.17) is 5.73 Å². The molecule has 0 spiro atoms. The first-order chi connectivity index (χ1) is 7.88. The molecule has 2 atom stereocenters. The zero-order chi connectivity index (χ0) is 13.4. The van der Waals surface area contributed by atoms with Crippen molar-refractivity contribution < 1.29 is 9.59 Å². The molecule has 0 aliphatic heterocycles. The molecule has 0 aromatic rings. The van der Waals surface area contributed by atoms with Crippen LogP contribution >= 0.6 is 0 Å². The fourth-order valence-electron chi connectivity index (χ4n) is 1.17. The highest BCUT2D eigenvalue weighted by Gasteiger charge is 2.16.